The van der Waals surface area contributed by atoms with Crippen molar-refractivity contribution in [1.29, 1.82) is 0 Å². The molecule has 1 unspecified atom stereocenters. The summed E-state index contributed by atoms with van der Waals surface area (Å²) in [5, 5.41) is 5.70. The molecule has 2 N–H and O–H groups in total. The molecule has 1 heterocycles. The summed E-state index contributed by atoms with van der Waals surface area (Å²) in [5.41, 5.74) is 3.94. The summed E-state index contributed by atoms with van der Waals surface area (Å²) >= 11 is 0. The first-order valence-corrected chi connectivity index (χ1v) is 9.46. The van der Waals surface area contributed by atoms with E-state index in [2.05, 4.69) is 16.7 Å². The highest BCUT2D eigenvalue weighted by Gasteiger charge is 2.52. The van der Waals surface area contributed by atoms with Crippen molar-refractivity contribution < 1.29 is 14.4 Å². The van der Waals surface area contributed by atoms with E-state index in [4.69, 9.17) is 0 Å². The third kappa shape index (κ3) is 3.05. The Hall–Kier alpha value is -3.15. The van der Waals surface area contributed by atoms with Crippen LogP contribution in [0.25, 0.3) is 0 Å². The number of carbonyl (C=O) groups is 3. The van der Waals surface area contributed by atoms with Crippen LogP contribution < -0.4 is 10.6 Å². The number of anilines is 1. The van der Waals surface area contributed by atoms with Crippen molar-refractivity contribution >= 4 is 23.5 Å². The molecule has 6 heteroatoms. The summed E-state index contributed by atoms with van der Waals surface area (Å²) < 4.78 is 0. The number of benzene rings is 2. The molecule has 1 spiro atoms. The smallest absolute Gasteiger partial charge is 0.324 e. The third-order valence-electron chi connectivity index (χ3n) is 5.72. The zero-order chi connectivity index (χ0) is 19.9. The Morgan fingerprint density at radius 1 is 1.07 bits per heavy atom. The molecular formula is C22H23N3O3. The Morgan fingerprint density at radius 3 is 2.46 bits per heavy atom. The monoisotopic (exact) mass is 377 g/mol. The van der Waals surface area contributed by atoms with Gasteiger partial charge in [0, 0.05) is 12.1 Å². The van der Waals surface area contributed by atoms with Gasteiger partial charge in [0.05, 0.1) is 0 Å². The second-order valence-electron chi connectivity index (χ2n) is 7.66. The highest BCUT2D eigenvalue weighted by Crippen LogP contribution is 2.33. The summed E-state index contributed by atoms with van der Waals surface area (Å²) in [7, 11) is 0. The van der Waals surface area contributed by atoms with Crippen molar-refractivity contribution in [2.45, 2.75) is 38.6 Å². The summed E-state index contributed by atoms with van der Waals surface area (Å²) in [5.74, 6) is -0.696. The van der Waals surface area contributed by atoms with Gasteiger partial charge < -0.3 is 10.6 Å². The van der Waals surface area contributed by atoms with Gasteiger partial charge in [-0.05, 0) is 48.9 Å². The largest absolute Gasteiger partial charge is 0.325 e. The fourth-order valence-electron chi connectivity index (χ4n) is 4.18. The van der Waals surface area contributed by atoms with E-state index in [0.29, 0.717) is 12.8 Å². The molecule has 1 saturated heterocycles. The van der Waals surface area contributed by atoms with Crippen LogP contribution in [0.2, 0.25) is 0 Å². The van der Waals surface area contributed by atoms with Crippen LogP contribution in [0.3, 0.4) is 0 Å². The minimum atomic E-state index is -0.940. The Balaban J connectivity index is 1.50. The third-order valence-corrected chi connectivity index (χ3v) is 5.72. The minimum Gasteiger partial charge on any atom is -0.324 e. The number of nitrogens with one attached hydrogen (secondary N) is 2. The highest BCUT2D eigenvalue weighted by molar-refractivity contribution is 6.10. The number of nitrogens with zero attached hydrogens (tertiary/aromatic N) is 1. The van der Waals surface area contributed by atoms with Crippen LogP contribution in [-0.4, -0.2) is 34.8 Å². The zero-order valence-electron chi connectivity index (χ0n) is 16.0. The minimum absolute atomic E-state index is 0.290. The quantitative estimate of drug-likeness (QED) is 0.808. The summed E-state index contributed by atoms with van der Waals surface area (Å²) in [6, 6.07) is 13.2. The van der Waals surface area contributed by atoms with Gasteiger partial charge in [-0.15, -0.1) is 0 Å². The number of para-hydroxylation sites is 1. The molecule has 0 aromatic heterocycles. The number of hydrogen-bond donors (Lipinski definition) is 2. The molecular weight excluding hydrogens is 354 g/mol. The number of fused-ring (bicyclic) bond motifs is 1. The van der Waals surface area contributed by atoms with Crippen LogP contribution in [0.5, 0.6) is 0 Å². The summed E-state index contributed by atoms with van der Waals surface area (Å²) in [4.78, 5) is 39.2. The molecule has 0 radical (unpaired) electrons. The lowest BCUT2D eigenvalue weighted by Gasteiger charge is -2.32. The molecule has 1 atom stereocenters. The zero-order valence-corrected chi connectivity index (χ0v) is 16.0. The second kappa shape index (κ2) is 6.78. The molecule has 1 fully saturated rings. The molecule has 4 rings (SSSR count). The Bertz CT molecular complexity index is 964. The van der Waals surface area contributed by atoms with E-state index in [1.165, 1.54) is 5.56 Å². The predicted octanol–water partition coefficient (Wildman–Crippen LogP) is 2.72. The number of hydrogen-bond acceptors (Lipinski definition) is 3. The van der Waals surface area contributed by atoms with Crippen LogP contribution in [0.15, 0.2) is 42.5 Å². The van der Waals surface area contributed by atoms with Gasteiger partial charge in [-0.2, -0.15) is 0 Å². The standard InChI is InChI=1S/C22H23N3O3/c1-14-6-5-7-15(2)19(14)23-18(26)13-25-20(27)22(24-21(25)28)11-10-16-8-3-4-9-17(16)12-22/h3-9H,10-13H2,1-2H3,(H,23,26)(H,24,28). The molecule has 1 aliphatic carbocycles. The SMILES string of the molecule is Cc1cccc(C)c1NC(=O)CN1C(=O)NC2(CCc3ccccc3C2)C1=O. The van der Waals surface area contributed by atoms with Crippen LogP contribution >= 0.6 is 0 Å². The Labute approximate surface area is 163 Å². The predicted molar refractivity (Wildman–Crippen MR) is 106 cm³/mol. The lowest BCUT2D eigenvalue weighted by molar-refractivity contribution is -0.134. The Morgan fingerprint density at radius 2 is 1.75 bits per heavy atom. The maximum absolute atomic E-state index is 13.1. The number of amides is 4. The van der Waals surface area contributed by atoms with E-state index in [0.717, 1.165) is 33.7 Å². The average Bonchev–Trinajstić information content (AvgIpc) is 2.89. The average molecular weight is 377 g/mol. The van der Waals surface area contributed by atoms with Gasteiger partial charge in [0.1, 0.15) is 12.1 Å². The number of urea groups is 1. The van der Waals surface area contributed by atoms with E-state index >= 15 is 0 Å². The lowest BCUT2D eigenvalue weighted by atomic mass is 9.78. The first-order valence-electron chi connectivity index (χ1n) is 9.46. The number of imide groups is 1. The molecule has 1 aliphatic heterocycles. The molecule has 4 amide bonds. The van der Waals surface area contributed by atoms with Gasteiger partial charge in [-0.1, -0.05) is 42.5 Å². The van der Waals surface area contributed by atoms with E-state index in [1.54, 1.807) is 0 Å². The van der Waals surface area contributed by atoms with Gasteiger partial charge in [0.25, 0.3) is 5.91 Å². The van der Waals surface area contributed by atoms with Crippen molar-refractivity contribution in [3.05, 3.63) is 64.7 Å². The van der Waals surface area contributed by atoms with Crippen LogP contribution in [0.1, 0.15) is 28.7 Å². The number of carbonyl (C=O) groups excluding carboxylic acids is 3. The lowest BCUT2D eigenvalue weighted by Crippen LogP contribution is -2.51. The molecule has 6 nitrogen and oxygen atoms in total. The van der Waals surface area contributed by atoms with E-state index in [9.17, 15) is 14.4 Å². The molecule has 0 saturated carbocycles. The van der Waals surface area contributed by atoms with Gasteiger partial charge in [0.15, 0.2) is 0 Å². The first kappa shape index (κ1) is 18.2. The van der Waals surface area contributed by atoms with Crippen molar-refractivity contribution in [2.24, 2.45) is 0 Å². The van der Waals surface area contributed by atoms with Gasteiger partial charge in [-0.3, -0.25) is 14.5 Å². The van der Waals surface area contributed by atoms with E-state index < -0.39 is 11.6 Å². The van der Waals surface area contributed by atoms with E-state index in [-0.39, 0.29) is 18.4 Å². The fraction of sp³-hybridized carbons (Fsp3) is 0.318. The van der Waals surface area contributed by atoms with Gasteiger partial charge >= 0.3 is 6.03 Å². The topological polar surface area (TPSA) is 78.5 Å². The van der Waals surface area contributed by atoms with Crippen LogP contribution in [-0.2, 0) is 22.4 Å². The van der Waals surface area contributed by atoms with Crippen molar-refractivity contribution in [3.63, 3.8) is 0 Å². The highest BCUT2D eigenvalue weighted by atomic mass is 16.2. The molecule has 0 bridgehead atoms. The molecule has 2 aromatic carbocycles. The second-order valence-corrected chi connectivity index (χ2v) is 7.66. The normalized spacial score (nSPS) is 20.9. The fourth-order valence-corrected chi connectivity index (χ4v) is 4.18. The molecule has 144 valence electrons. The first-order chi connectivity index (χ1) is 13.4. The summed E-state index contributed by atoms with van der Waals surface area (Å²) in [6.45, 7) is 3.53. The molecule has 2 aliphatic rings. The molecule has 28 heavy (non-hydrogen) atoms. The number of rotatable bonds is 3. The number of aryl methyl sites for hydroxylation is 3. The van der Waals surface area contributed by atoms with Gasteiger partial charge in [-0.25, -0.2) is 4.79 Å². The van der Waals surface area contributed by atoms with Crippen molar-refractivity contribution in [2.75, 3.05) is 11.9 Å². The van der Waals surface area contributed by atoms with E-state index in [1.807, 2.05) is 50.2 Å². The van der Waals surface area contributed by atoms with Crippen molar-refractivity contribution in [3.8, 4) is 0 Å². The van der Waals surface area contributed by atoms with Crippen LogP contribution in [0, 0.1) is 13.8 Å². The van der Waals surface area contributed by atoms with Crippen molar-refractivity contribution in [1.82, 2.24) is 10.2 Å². The maximum atomic E-state index is 13.1. The molecule has 2 aromatic rings. The van der Waals surface area contributed by atoms with Gasteiger partial charge in [0.2, 0.25) is 5.91 Å². The Kier molecular flexibility index (Phi) is 4.41. The van der Waals surface area contributed by atoms with Crippen LogP contribution in [0.4, 0.5) is 10.5 Å². The summed E-state index contributed by atoms with van der Waals surface area (Å²) in [6.07, 6.45) is 1.73. The maximum Gasteiger partial charge on any atom is 0.325 e.